The number of carboxylic acid groups (broad SMARTS) is 1. The van der Waals surface area contributed by atoms with Crippen LogP contribution in [0.3, 0.4) is 0 Å². The summed E-state index contributed by atoms with van der Waals surface area (Å²) in [5.74, 6) is -0.961. The second-order valence-corrected chi connectivity index (χ2v) is 5.36. The third-order valence-corrected chi connectivity index (χ3v) is 3.62. The van der Waals surface area contributed by atoms with Crippen LogP contribution in [0.15, 0.2) is 24.3 Å². The molecule has 0 saturated heterocycles. The molecule has 1 aromatic carbocycles. The summed E-state index contributed by atoms with van der Waals surface area (Å²) in [6, 6.07) is 7.22. The number of rotatable bonds is 7. The van der Waals surface area contributed by atoms with Gasteiger partial charge in [-0.2, -0.15) is 0 Å². The van der Waals surface area contributed by atoms with Crippen molar-refractivity contribution in [3.8, 4) is 0 Å². The molecule has 0 bridgehead atoms. The van der Waals surface area contributed by atoms with Crippen LogP contribution >= 0.6 is 0 Å². The molecule has 5 nitrogen and oxygen atoms in total. The molecule has 1 fully saturated rings. The van der Waals surface area contributed by atoms with Crippen molar-refractivity contribution in [2.45, 2.75) is 44.6 Å². The first kappa shape index (κ1) is 15.5. The van der Waals surface area contributed by atoms with Crippen molar-refractivity contribution in [3.63, 3.8) is 0 Å². The van der Waals surface area contributed by atoms with Gasteiger partial charge in [-0.15, -0.1) is 0 Å². The van der Waals surface area contributed by atoms with E-state index in [-0.39, 0.29) is 25.0 Å². The Morgan fingerprint density at radius 1 is 1.19 bits per heavy atom. The second-order valence-electron chi connectivity index (χ2n) is 5.36. The van der Waals surface area contributed by atoms with Crippen molar-refractivity contribution in [3.05, 3.63) is 29.8 Å². The van der Waals surface area contributed by atoms with Crippen molar-refractivity contribution in [1.29, 1.82) is 0 Å². The molecule has 1 saturated carbocycles. The summed E-state index contributed by atoms with van der Waals surface area (Å²) in [5.41, 5.74) is 1.65. The molecule has 1 amide bonds. The normalized spacial score (nSPS) is 15.0. The average Bonchev–Trinajstić information content (AvgIpc) is 2.98. The number of benzene rings is 1. The van der Waals surface area contributed by atoms with Gasteiger partial charge in [-0.05, 0) is 37.0 Å². The molecule has 2 N–H and O–H groups in total. The lowest BCUT2D eigenvalue weighted by Crippen LogP contribution is -2.21. The fourth-order valence-corrected chi connectivity index (χ4v) is 2.45. The Hall–Kier alpha value is -1.88. The number of aryl methyl sites for hydroxylation is 1. The van der Waals surface area contributed by atoms with Crippen molar-refractivity contribution in [2.24, 2.45) is 0 Å². The van der Waals surface area contributed by atoms with Gasteiger partial charge in [0.05, 0.1) is 6.10 Å². The van der Waals surface area contributed by atoms with Gasteiger partial charge in [-0.1, -0.05) is 25.0 Å². The molecule has 0 atom stereocenters. The average molecular weight is 291 g/mol. The van der Waals surface area contributed by atoms with E-state index in [4.69, 9.17) is 9.84 Å². The summed E-state index contributed by atoms with van der Waals surface area (Å²) in [4.78, 5) is 22.3. The Morgan fingerprint density at radius 2 is 1.86 bits per heavy atom. The van der Waals surface area contributed by atoms with Crippen molar-refractivity contribution >= 4 is 17.6 Å². The molecular formula is C16H21NO4. The van der Waals surface area contributed by atoms with Crippen LogP contribution in [-0.4, -0.2) is 29.7 Å². The van der Waals surface area contributed by atoms with Crippen LogP contribution in [0.1, 0.15) is 37.7 Å². The summed E-state index contributed by atoms with van der Waals surface area (Å²) in [7, 11) is 0. The van der Waals surface area contributed by atoms with Crippen LogP contribution < -0.4 is 5.32 Å². The van der Waals surface area contributed by atoms with E-state index in [1.807, 2.05) is 12.1 Å². The first-order chi connectivity index (χ1) is 10.1. The standard InChI is InChI=1S/C16H21NO4/c18-15(11-21-14-3-1-2-4-14)17-13-8-5-12(6-9-13)7-10-16(19)20/h5-6,8-9,14H,1-4,7,10-11H2,(H,17,18)(H,19,20). The second kappa shape index (κ2) is 7.78. The van der Waals surface area contributed by atoms with E-state index in [0.717, 1.165) is 18.4 Å². The third-order valence-electron chi connectivity index (χ3n) is 3.62. The zero-order valence-electron chi connectivity index (χ0n) is 12.0. The maximum atomic E-state index is 11.8. The molecule has 114 valence electrons. The third kappa shape index (κ3) is 5.55. The van der Waals surface area contributed by atoms with Crippen LogP contribution in [0.2, 0.25) is 0 Å². The summed E-state index contributed by atoms with van der Waals surface area (Å²) in [6.07, 6.45) is 5.30. The molecule has 0 spiro atoms. The van der Waals surface area contributed by atoms with Crippen LogP contribution in [-0.2, 0) is 20.7 Å². The van der Waals surface area contributed by atoms with E-state index in [0.29, 0.717) is 12.1 Å². The molecule has 0 heterocycles. The maximum Gasteiger partial charge on any atom is 0.303 e. The van der Waals surface area contributed by atoms with Crippen molar-refractivity contribution < 1.29 is 19.4 Å². The minimum Gasteiger partial charge on any atom is -0.481 e. The van der Waals surface area contributed by atoms with Gasteiger partial charge in [-0.3, -0.25) is 9.59 Å². The Bertz CT molecular complexity index is 478. The number of hydrogen-bond acceptors (Lipinski definition) is 3. The number of carbonyl (C=O) groups excluding carboxylic acids is 1. The quantitative estimate of drug-likeness (QED) is 0.809. The number of carbonyl (C=O) groups is 2. The Morgan fingerprint density at radius 3 is 2.48 bits per heavy atom. The lowest BCUT2D eigenvalue weighted by atomic mass is 10.1. The molecule has 0 aromatic heterocycles. The minimum atomic E-state index is -0.809. The van der Waals surface area contributed by atoms with Gasteiger partial charge in [0.15, 0.2) is 0 Å². The smallest absolute Gasteiger partial charge is 0.303 e. The van der Waals surface area contributed by atoms with Gasteiger partial charge >= 0.3 is 5.97 Å². The molecule has 1 aliphatic carbocycles. The van der Waals surface area contributed by atoms with E-state index in [2.05, 4.69) is 5.32 Å². The van der Waals surface area contributed by atoms with E-state index in [1.165, 1.54) is 12.8 Å². The SMILES string of the molecule is O=C(O)CCc1ccc(NC(=O)COC2CCCC2)cc1. The summed E-state index contributed by atoms with van der Waals surface area (Å²) in [5, 5.41) is 11.4. The zero-order chi connectivity index (χ0) is 15.1. The fraction of sp³-hybridized carbons (Fsp3) is 0.500. The number of hydrogen-bond donors (Lipinski definition) is 2. The monoisotopic (exact) mass is 291 g/mol. The molecule has 0 radical (unpaired) electrons. The Kier molecular flexibility index (Phi) is 5.75. The number of aliphatic carboxylic acids is 1. The zero-order valence-corrected chi connectivity index (χ0v) is 12.0. The molecule has 1 aromatic rings. The highest BCUT2D eigenvalue weighted by Gasteiger charge is 2.16. The van der Waals surface area contributed by atoms with E-state index < -0.39 is 5.97 Å². The summed E-state index contributed by atoms with van der Waals surface area (Å²) < 4.78 is 5.55. The Balaban J connectivity index is 1.73. The molecule has 1 aliphatic rings. The fourth-order valence-electron chi connectivity index (χ4n) is 2.45. The van der Waals surface area contributed by atoms with Gasteiger partial charge in [0.25, 0.3) is 0 Å². The molecule has 2 rings (SSSR count). The van der Waals surface area contributed by atoms with Crippen molar-refractivity contribution in [1.82, 2.24) is 0 Å². The minimum absolute atomic E-state index is 0.0887. The molecule has 0 unspecified atom stereocenters. The van der Waals surface area contributed by atoms with Gasteiger partial charge < -0.3 is 15.2 Å². The van der Waals surface area contributed by atoms with Gasteiger partial charge in [0, 0.05) is 12.1 Å². The number of amides is 1. The Labute approximate surface area is 124 Å². The van der Waals surface area contributed by atoms with Crippen LogP contribution in [0.25, 0.3) is 0 Å². The predicted molar refractivity (Wildman–Crippen MR) is 79.2 cm³/mol. The highest BCUT2D eigenvalue weighted by Crippen LogP contribution is 2.20. The molecule has 0 aliphatic heterocycles. The van der Waals surface area contributed by atoms with Crippen LogP contribution in [0.5, 0.6) is 0 Å². The molecule has 21 heavy (non-hydrogen) atoms. The lowest BCUT2D eigenvalue weighted by molar-refractivity contribution is -0.137. The number of anilines is 1. The molecule has 5 heteroatoms. The lowest BCUT2D eigenvalue weighted by Gasteiger charge is -2.11. The van der Waals surface area contributed by atoms with Crippen LogP contribution in [0.4, 0.5) is 5.69 Å². The van der Waals surface area contributed by atoms with Crippen LogP contribution in [0, 0.1) is 0 Å². The van der Waals surface area contributed by atoms with E-state index in [1.54, 1.807) is 12.1 Å². The van der Waals surface area contributed by atoms with Gasteiger partial charge in [-0.25, -0.2) is 0 Å². The van der Waals surface area contributed by atoms with E-state index in [9.17, 15) is 9.59 Å². The number of nitrogens with one attached hydrogen (secondary N) is 1. The first-order valence-corrected chi connectivity index (χ1v) is 7.35. The topological polar surface area (TPSA) is 75.6 Å². The summed E-state index contributed by atoms with van der Waals surface area (Å²) in [6.45, 7) is 0.0887. The van der Waals surface area contributed by atoms with Gasteiger partial charge in [0.2, 0.25) is 5.91 Å². The van der Waals surface area contributed by atoms with Crippen molar-refractivity contribution in [2.75, 3.05) is 11.9 Å². The largest absolute Gasteiger partial charge is 0.481 e. The summed E-state index contributed by atoms with van der Waals surface area (Å²) >= 11 is 0. The predicted octanol–water partition coefficient (Wildman–Crippen LogP) is 2.60. The van der Waals surface area contributed by atoms with Gasteiger partial charge in [0.1, 0.15) is 6.61 Å². The number of ether oxygens (including phenoxy) is 1. The van der Waals surface area contributed by atoms with E-state index >= 15 is 0 Å². The first-order valence-electron chi connectivity index (χ1n) is 7.35. The highest BCUT2D eigenvalue weighted by atomic mass is 16.5. The highest BCUT2D eigenvalue weighted by molar-refractivity contribution is 5.91. The maximum absolute atomic E-state index is 11.8. The number of carboxylic acids is 1. The molecular weight excluding hydrogens is 270 g/mol.